The molecule has 1 atom stereocenters. The minimum atomic E-state index is 0.308. The molecule has 34 heavy (non-hydrogen) atoms. The Kier molecular flexibility index (Phi) is 6.49. The van der Waals surface area contributed by atoms with Gasteiger partial charge < -0.3 is 0 Å². The maximum atomic E-state index is 5.62. The van der Waals surface area contributed by atoms with Gasteiger partial charge in [-0.1, -0.05) is 61.2 Å². The summed E-state index contributed by atoms with van der Waals surface area (Å²) in [7, 11) is 0. The average Bonchev–Trinajstić information content (AvgIpc) is 3.47. The Balaban J connectivity index is 1.21. The van der Waals surface area contributed by atoms with Gasteiger partial charge in [-0.05, 0) is 48.8 Å². The number of benzene rings is 2. The summed E-state index contributed by atoms with van der Waals surface area (Å²) in [6.07, 6.45) is 4.05. The van der Waals surface area contributed by atoms with Gasteiger partial charge in [-0.3, -0.25) is 14.4 Å². The molecule has 3 aromatic rings. The van der Waals surface area contributed by atoms with E-state index >= 15 is 0 Å². The molecule has 0 spiro atoms. The van der Waals surface area contributed by atoms with Crippen LogP contribution in [0.4, 0.5) is 5.69 Å². The quantitative estimate of drug-likeness (QED) is 0.390. The molecule has 0 bridgehead atoms. The van der Waals surface area contributed by atoms with Crippen LogP contribution in [-0.2, 0) is 18.0 Å². The SMILES string of the molecule is CCn1cnc(-c2ccc(CONC(=S)N=C3SCC4=CC(C)c5ccc(C)cc5N43)cc2)n1. The molecule has 7 nitrogen and oxygen atoms in total. The molecule has 2 aromatic carbocycles. The minimum absolute atomic E-state index is 0.308. The Morgan fingerprint density at radius 3 is 2.85 bits per heavy atom. The number of aryl methyl sites for hydroxylation is 2. The number of allylic oxidation sites excluding steroid dienone is 1. The van der Waals surface area contributed by atoms with Crippen molar-refractivity contribution >= 4 is 39.9 Å². The zero-order valence-corrected chi connectivity index (χ0v) is 21.0. The molecule has 0 aliphatic carbocycles. The maximum absolute atomic E-state index is 5.62. The lowest BCUT2D eigenvalue weighted by atomic mass is 9.93. The Hall–Kier alpha value is -3.01. The Bertz CT molecular complexity index is 1280. The van der Waals surface area contributed by atoms with Crippen molar-refractivity contribution in [2.75, 3.05) is 10.7 Å². The predicted octanol–water partition coefficient (Wildman–Crippen LogP) is 5.19. The number of amidine groups is 1. The molecule has 3 heterocycles. The van der Waals surface area contributed by atoms with Gasteiger partial charge in [0, 0.05) is 29.5 Å². The van der Waals surface area contributed by atoms with Crippen LogP contribution in [0.25, 0.3) is 11.4 Å². The smallest absolute Gasteiger partial charge is 0.219 e. The molecule has 1 fully saturated rings. The number of hydrogen-bond acceptors (Lipinski definition) is 5. The summed E-state index contributed by atoms with van der Waals surface area (Å²) in [5, 5.41) is 5.61. The van der Waals surface area contributed by atoms with Crippen LogP contribution in [0, 0.1) is 6.92 Å². The summed E-state index contributed by atoms with van der Waals surface area (Å²) in [6.45, 7) is 7.55. The van der Waals surface area contributed by atoms with E-state index in [2.05, 4.69) is 63.6 Å². The van der Waals surface area contributed by atoms with E-state index in [0.717, 1.165) is 34.4 Å². The Labute approximate surface area is 208 Å². The molecule has 1 saturated heterocycles. The van der Waals surface area contributed by atoms with E-state index in [1.807, 2.05) is 35.9 Å². The molecule has 174 valence electrons. The number of thioether (sulfide) groups is 1. The largest absolute Gasteiger partial charge is 0.292 e. The highest BCUT2D eigenvalue weighted by Gasteiger charge is 2.33. The fourth-order valence-corrected chi connectivity index (χ4v) is 5.29. The molecular formula is C25H26N6OS2. The van der Waals surface area contributed by atoms with Crippen molar-refractivity contribution in [2.24, 2.45) is 4.99 Å². The van der Waals surface area contributed by atoms with Gasteiger partial charge in [0.2, 0.25) is 5.11 Å². The summed E-state index contributed by atoms with van der Waals surface area (Å²) in [5.41, 5.74) is 9.78. The number of aromatic nitrogens is 3. The van der Waals surface area contributed by atoms with Crippen LogP contribution in [-0.4, -0.2) is 30.8 Å². The van der Waals surface area contributed by atoms with Crippen LogP contribution in [0.15, 0.2) is 65.6 Å². The molecule has 2 aliphatic heterocycles. The lowest BCUT2D eigenvalue weighted by Gasteiger charge is -2.30. The van der Waals surface area contributed by atoms with Gasteiger partial charge in [-0.25, -0.2) is 10.5 Å². The van der Waals surface area contributed by atoms with E-state index < -0.39 is 0 Å². The van der Waals surface area contributed by atoms with Crippen molar-refractivity contribution in [1.29, 1.82) is 0 Å². The lowest BCUT2D eigenvalue weighted by Crippen LogP contribution is -2.29. The monoisotopic (exact) mass is 490 g/mol. The second kappa shape index (κ2) is 9.69. The van der Waals surface area contributed by atoms with Gasteiger partial charge in [-0.2, -0.15) is 10.1 Å². The number of aliphatic imine (C=N–C) groups is 1. The fourth-order valence-electron chi connectivity index (χ4n) is 4.08. The summed E-state index contributed by atoms with van der Waals surface area (Å²) in [6, 6.07) is 14.6. The van der Waals surface area contributed by atoms with E-state index in [9.17, 15) is 0 Å². The van der Waals surface area contributed by atoms with Crippen molar-refractivity contribution in [2.45, 2.75) is 39.8 Å². The third-order valence-electron chi connectivity index (χ3n) is 5.86. The number of anilines is 1. The summed E-state index contributed by atoms with van der Waals surface area (Å²) >= 11 is 7.14. The molecule has 2 aliphatic rings. The number of nitrogens with zero attached hydrogens (tertiary/aromatic N) is 5. The van der Waals surface area contributed by atoms with Crippen molar-refractivity contribution in [3.63, 3.8) is 0 Å². The molecule has 0 radical (unpaired) electrons. The lowest BCUT2D eigenvalue weighted by molar-refractivity contribution is 0.0722. The highest BCUT2D eigenvalue weighted by Crippen LogP contribution is 2.43. The molecule has 9 heteroatoms. The summed E-state index contributed by atoms with van der Waals surface area (Å²) < 4.78 is 1.81. The zero-order valence-electron chi connectivity index (χ0n) is 19.4. The topological polar surface area (TPSA) is 67.6 Å². The van der Waals surface area contributed by atoms with Crippen molar-refractivity contribution in [3.8, 4) is 11.4 Å². The van der Waals surface area contributed by atoms with Gasteiger partial charge >= 0.3 is 0 Å². The first-order valence-electron chi connectivity index (χ1n) is 11.2. The summed E-state index contributed by atoms with van der Waals surface area (Å²) in [4.78, 5) is 16.8. The van der Waals surface area contributed by atoms with Crippen LogP contribution < -0.4 is 10.4 Å². The number of rotatable bonds is 5. The van der Waals surface area contributed by atoms with Gasteiger partial charge in [0.15, 0.2) is 11.0 Å². The Morgan fingerprint density at radius 2 is 2.09 bits per heavy atom. The van der Waals surface area contributed by atoms with Gasteiger partial charge in [0.05, 0.1) is 12.3 Å². The number of nitrogens with one attached hydrogen (secondary N) is 1. The maximum Gasteiger partial charge on any atom is 0.219 e. The zero-order chi connectivity index (χ0) is 23.7. The molecule has 0 saturated carbocycles. The molecule has 0 amide bonds. The molecule has 1 N–H and O–H groups in total. The van der Waals surface area contributed by atoms with Crippen LogP contribution >= 0.6 is 24.0 Å². The van der Waals surface area contributed by atoms with E-state index in [1.54, 1.807) is 18.1 Å². The normalized spacial score (nSPS) is 18.0. The van der Waals surface area contributed by atoms with Crippen LogP contribution in [0.5, 0.6) is 0 Å². The van der Waals surface area contributed by atoms with Crippen molar-refractivity contribution in [1.82, 2.24) is 20.2 Å². The third-order valence-corrected chi connectivity index (χ3v) is 7.00. The number of hydrogen-bond donors (Lipinski definition) is 1. The first-order chi connectivity index (χ1) is 16.5. The minimum Gasteiger partial charge on any atom is -0.292 e. The van der Waals surface area contributed by atoms with E-state index in [1.165, 1.54) is 22.5 Å². The van der Waals surface area contributed by atoms with Crippen LogP contribution in [0.1, 0.15) is 36.5 Å². The van der Waals surface area contributed by atoms with Crippen LogP contribution in [0.3, 0.4) is 0 Å². The highest BCUT2D eigenvalue weighted by atomic mass is 32.2. The van der Waals surface area contributed by atoms with E-state index in [-0.39, 0.29) is 0 Å². The van der Waals surface area contributed by atoms with Crippen molar-refractivity contribution < 1.29 is 4.84 Å². The van der Waals surface area contributed by atoms with Gasteiger partial charge in [0.25, 0.3) is 0 Å². The first kappa shape index (κ1) is 22.8. The third kappa shape index (κ3) is 4.64. The molecular weight excluding hydrogens is 464 g/mol. The first-order valence-corrected chi connectivity index (χ1v) is 12.6. The highest BCUT2D eigenvalue weighted by molar-refractivity contribution is 8.14. The summed E-state index contributed by atoms with van der Waals surface area (Å²) in [5.74, 6) is 1.99. The number of fused-ring (bicyclic) bond motifs is 3. The van der Waals surface area contributed by atoms with Gasteiger partial charge in [0.1, 0.15) is 6.33 Å². The Morgan fingerprint density at radius 1 is 1.26 bits per heavy atom. The fraction of sp³-hybridized carbons (Fsp3) is 0.280. The molecule has 1 unspecified atom stereocenters. The average molecular weight is 491 g/mol. The number of hydroxylamine groups is 1. The second-order valence-corrected chi connectivity index (χ2v) is 9.67. The second-order valence-electron chi connectivity index (χ2n) is 8.34. The van der Waals surface area contributed by atoms with E-state index in [0.29, 0.717) is 17.6 Å². The van der Waals surface area contributed by atoms with Crippen molar-refractivity contribution in [3.05, 3.63) is 77.3 Å². The predicted molar refractivity (Wildman–Crippen MR) is 142 cm³/mol. The molecule has 1 aromatic heterocycles. The van der Waals surface area contributed by atoms with Gasteiger partial charge in [-0.15, -0.1) is 0 Å². The standard InChI is InChI=1S/C25H26N6OS2/c1-4-30-15-26-23(28-30)19-8-6-18(7-9-19)13-32-29-24(33)27-25-31-20(14-34-25)12-17(3)21-10-5-16(2)11-22(21)31/h5-12,15,17H,4,13-14H2,1-3H3,(H,29,33). The molecule has 5 rings (SSSR count). The van der Waals surface area contributed by atoms with Crippen LogP contribution in [0.2, 0.25) is 0 Å². The number of thiocarbonyl (C=S) groups is 1. The van der Waals surface area contributed by atoms with E-state index in [4.69, 9.17) is 17.1 Å².